The molecule has 1 amide bonds. The Morgan fingerprint density at radius 2 is 1.96 bits per heavy atom. The first kappa shape index (κ1) is 17.4. The summed E-state index contributed by atoms with van der Waals surface area (Å²) in [6.07, 6.45) is 0.245. The summed E-state index contributed by atoms with van der Waals surface area (Å²) in [4.78, 5) is 12.4. The second kappa shape index (κ2) is 8.02. The molecule has 1 N–H and O–H groups in total. The summed E-state index contributed by atoms with van der Waals surface area (Å²) in [5.41, 5.74) is 2.41. The van der Waals surface area contributed by atoms with Crippen molar-refractivity contribution in [2.75, 3.05) is 19.5 Å². The van der Waals surface area contributed by atoms with E-state index in [1.807, 2.05) is 31.2 Å². The van der Waals surface area contributed by atoms with Crippen molar-refractivity contribution in [1.82, 2.24) is 0 Å². The number of carbonyl (C=O) groups is 1. The van der Waals surface area contributed by atoms with Crippen molar-refractivity contribution in [3.05, 3.63) is 53.6 Å². The van der Waals surface area contributed by atoms with Gasteiger partial charge in [-0.1, -0.05) is 18.2 Å². The Labute approximate surface area is 141 Å². The van der Waals surface area contributed by atoms with Crippen molar-refractivity contribution in [2.45, 2.75) is 13.3 Å². The summed E-state index contributed by atoms with van der Waals surface area (Å²) >= 11 is 0. The van der Waals surface area contributed by atoms with Gasteiger partial charge in [0.25, 0.3) is 0 Å². The average Bonchev–Trinajstić information content (AvgIpc) is 2.61. The maximum Gasteiger partial charge on any atom is 0.242 e. The third-order valence-corrected chi connectivity index (χ3v) is 3.79. The number of anilines is 1. The van der Waals surface area contributed by atoms with E-state index in [9.17, 15) is 10.1 Å². The third-order valence-electron chi connectivity index (χ3n) is 3.79. The highest BCUT2D eigenvalue weighted by molar-refractivity contribution is 5.95. The Morgan fingerprint density at radius 3 is 2.58 bits per heavy atom. The van der Waals surface area contributed by atoms with Crippen LogP contribution in [0.15, 0.2) is 42.5 Å². The second-order valence-electron chi connectivity index (χ2n) is 5.37. The van der Waals surface area contributed by atoms with Crippen molar-refractivity contribution in [1.29, 1.82) is 5.26 Å². The van der Waals surface area contributed by atoms with E-state index >= 15 is 0 Å². The van der Waals surface area contributed by atoms with Gasteiger partial charge in [-0.05, 0) is 42.3 Å². The molecule has 24 heavy (non-hydrogen) atoms. The third kappa shape index (κ3) is 4.05. The molecule has 5 nitrogen and oxygen atoms in total. The number of methoxy groups -OCH3 is 2. The van der Waals surface area contributed by atoms with E-state index in [-0.39, 0.29) is 12.3 Å². The predicted molar refractivity (Wildman–Crippen MR) is 92.2 cm³/mol. The van der Waals surface area contributed by atoms with Gasteiger partial charge in [-0.25, -0.2) is 0 Å². The molecule has 0 spiro atoms. The maximum absolute atomic E-state index is 12.4. The molecule has 2 aromatic carbocycles. The Morgan fingerprint density at radius 1 is 1.21 bits per heavy atom. The summed E-state index contributed by atoms with van der Waals surface area (Å²) in [5.74, 6) is 0.115. The van der Waals surface area contributed by atoms with Gasteiger partial charge in [0.1, 0.15) is 17.4 Å². The van der Waals surface area contributed by atoms with Crippen LogP contribution in [0.25, 0.3) is 0 Å². The van der Waals surface area contributed by atoms with Gasteiger partial charge in [-0.3, -0.25) is 4.79 Å². The number of rotatable bonds is 6. The quantitative estimate of drug-likeness (QED) is 0.884. The van der Waals surface area contributed by atoms with Crippen LogP contribution in [0.3, 0.4) is 0 Å². The minimum Gasteiger partial charge on any atom is -0.497 e. The number of para-hydroxylation sites is 1. The van der Waals surface area contributed by atoms with Gasteiger partial charge in [-0.15, -0.1) is 0 Å². The van der Waals surface area contributed by atoms with Crippen molar-refractivity contribution >= 4 is 11.6 Å². The van der Waals surface area contributed by atoms with Crippen molar-refractivity contribution < 1.29 is 14.3 Å². The summed E-state index contributed by atoms with van der Waals surface area (Å²) < 4.78 is 10.5. The number of carbonyl (C=O) groups excluding carboxylic acids is 1. The molecule has 2 rings (SSSR count). The molecule has 0 aliphatic carbocycles. The summed E-state index contributed by atoms with van der Waals surface area (Å²) in [6.45, 7) is 1.90. The van der Waals surface area contributed by atoms with Crippen LogP contribution < -0.4 is 14.8 Å². The van der Waals surface area contributed by atoms with E-state index < -0.39 is 5.92 Å². The van der Waals surface area contributed by atoms with Crippen molar-refractivity contribution in [3.63, 3.8) is 0 Å². The first-order valence-corrected chi connectivity index (χ1v) is 7.56. The minimum absolute atomic E-state index is 0.245. The Kier molecular flexibility index (Phi) is 5.80. The van der Waals surface area contributed by atoms with E-state index in [1.54, 1.807) is 32.4 Å². The van der Waals surface area contributed by atoms with Crippen molar-refractivity contribution in [2.24, 2.45) is 5.92 Å². The number of nitrogens with one attached hydrogen (secondary N) is 1. The number of nitrogens with zero attached hydrogens (tertiary/aromatic N) is 1. The Hall–Kier alpha value is -3.00. The molecule has 0 fully saturated rings. The highest BCUT2D eigenvalue weighted by atomic mass is 16.5. The van der Waals surface area contributed by atoms with E-state index in [0.29, 0.717) is 17.2 Å². The summed E-state index contributed by atoms with van der Waals surface area (Å²) in [7, 11) is 3.12. The second-order valence-corrected chi connectivity index (χ2v) is 5.37. The van der Waals surface area contributed by atoms with Gasteiger partial charge in [-0.2, -0.15) is 5.26 Å². The van der Waals surface area contributed by atoms with E-state index in [0.717, 1.165) is 11.1 Å². The van der Waals surface area contributed by atoms with Gasteiger partial charge in [0.2, 0.25) is 5.91 Å². The first-order chi connectivity index (χ1) is 11.6. The Bertz CT molecular complexity index is 765. The molecule has 2 aromatic rings. The summed E-state index contributed by atoms with van der Waals surface area (Å²) in [6, 6.07) is 14.9. The van der Waals surface area contributed by atoms with E-state index in [1.165, 1.54) is 0 Å². The van der Waals surface area contributed by atoms with Gasteiger partial charge in [0, 0.05) is 12.1 Å². The zero-order valence-corrected chi connectivity index (χ0v) is 14.0. The van der Waals surface area contributed by atoms with Gasteiger partial charge >= 0.3 is 0 Å². The lowest BCUT2D eigenvalue weighted by molar-refractivity contribution is -0.118. The molecule has 0 aliphatic heterocycles. The molecule has 5 heteroatoms. The monoisotopic (exact) mass is 324 g/mol. The van der Waals surface area contributed by atoms with Crippen LogP contribution >= 0.6 is 0 Å². The normalized spacial score (nSPS) is 11.2. The maximum atomic E-state index is 12.4. The molecule has 1 atom stereocenters. The van der Waals surface area contributed by atoms with E-state index in [2.05, 4.69) is 11.4 Å². The highest BCUT2D eigenvalue weighted by Gasteiger charge is 2.21. The molecule has 0 heterocycles. The number of hydrogen-bond donors (Lipinski definition) is 1. The molecular weight excluding hydrogens is 304 g/mol. The molecule has 0 aromatic heterocycles. The fourth-order valence-electron chi connectivity index (χ4n) is 2.39. The van der Waals surface area contributed by atoms with Crippen LogP contribution in [0.1, 0.15) is 11.1 Å². The standard InChI is InChI=1S/C19H20N2O3/c1-13-6-4-5-7-17(13)21-19(22)15(12-20)10-14-11-16(23-2)8-9-18(14)24-3/h4-9,11,15H,10H2,1-3H3,(H,21,22)/t15-/m0/s1. The first-order valence-electron chi connectivity index (χ1n) is 7.56. The van der Waals surface area contributed by atoms with Gasteiger partial charge < -0.3 is 14.8 Å². The molecule has 0 radical (unpaired) electrons. The number of nitriles is 1. The van der Waals surface area contributed by atoms with Crippen molar-refractivity contribution in [3.8, 4) is 17.6 Å². The van der Waals surface area contributed by atoms with Crippen LogP contribution in [0.2, 0.25) is 0 Å². The lowest BCUT2D eigenvalue weighted by Gasteiger charge is -2.14. The predicted octanol–water partition coefficient (Wildman–Crippen LogP) is 3.33. The minimum atomic E-state index is -0.828. The Balaban J connectivity index is 2.19. The lowest BCUT2D eigenvalue weighted by atomic mass is 9.98. The van der Waals surface area contributed by atoms with Crippen LogP contribution in [-0.4, -0.2) is 20.1 Å². The fourth-order valence-corrected chi connectivity index (χ4v) is 2.39. The number of amides is 1. The van der Waals surface area contributed by atoms with Crippen LogP contribution in [-0.2, 0) is 11.2 Å². The molecular formula is C19H20N2O3. The molecule has 0 bridgehead atoms. The number of aryl methyl sites for hydroxylation is 1. The molecule has 0 saturated carbocycles. The average molecular weight is 324 g/mol. The smallest absolute Gasteiger partial charge is 0.242 e. The molecule has 124 valence electrons. The van der Waals surface area contributed by atoms with Crippen LogP contribution in [0.4, 0.5) is 5.69 Å². The fraction of sp³-hybridized carbons (Fsp3) is 0.263. The molecule has 0 saturated heterocycles. The topological polar surface area (TPSA) is 71.3 Å². The number of hydrogen-bond acceptors (Lipinski definition) is 4. The largest absolute Gasteiger partial charge is 0.497 e. The van der Waals surface area contributed by atoms with Gasteiger partial charge in [0.05, 0.1) is 20.3 Å². The zero-order valence-electron chi connectivity index (χ0n) is 14.0. The molecule has 0 unspecified atom stereocenters. The van der Waals surface area contributed by atoms with Crippen LogP contribution in [0.5, 0.6) is 11.5 Å². The lowest BCUT2D eigenvalue weighted by Crippen LogP contribution is -2.24. The number of ether oxygens (including phenoxy) is 2. The van der Waals surface area contributed by atoms with Gasteiger partial charge in [0.15, 0.2) is 0 Å². The van der Waals surface area contributed by atoms with E-state index in [4.69, 9.17) is 9.47 Å². The summed E-state index contributed by atoms with van der Waals surface area (Å²) in [5, 5.41) is 12.2. The highest BCUT2D eigenvalue weighted by Crippen LogP contribution is 2.27. The molecule has 0 aliphatic rings. The SMILES string of the molecule is COc1ccc(OC)c(C[C@@H](C#N)C(=O)Nc2ccccc2C)c1. The number of benzene rings is 2. The zero-order chi connectivity index (χ0) is 17.5. The van der Waals surface area contributed by atoms with Crippen LogP contribution in [0, 0.1) is 24.2 Å².